The molecule has 0 bridgehead atoms. The second-order valence-corrected chi connectivity index (χ2v) is 6.41. The lowest BCUT2D eigenvalue weighted by atomic mass is 9.92. The molecule has 3 aromatic rings. The van der Waals surface area contributed by atoms with Gasteiger partial charge < -0.3 is 14.5 Å². The Kier molecular flexibility index (Phi) is 4.66. The van der Waals surface area contributed by atoms with Gasteiger partial charge in [-0.25, -0.2) is 9.97 Å². The van der Waals surface area contributed by atoms with Gasteiger partial charge in [-0.2, -0.15) is 5.10 Å². The highest BCUT2D eigenvalue weighted by atomic mass is 16.5. The van der Waals surface area contributed by atoms with E-state index in [0.717, 1.165) is 31.7 Å². The zero-order chi connectivity index (χ0) is 17.9. The fourth-order valence-electron chi connectivity index (χ4n) is 3.55. The molecule has 4 heterocycles. The number of aromatic nitrogens is 5. The highest BCUT2D eigenvalue weighted by Crippen LogP contribution is 2.33. The SMILES string of the molecule is CCn1nccc1[C@@H]1OCCC[C@H]1CNC(=O)c1nccn2ccnc12. The van der Waals surface area contributed by atoms with E-state index in [9.17, 15) is 4.79 Å². The second-order valence-electron chi connectivity index (χ2n) is 6.41. The predicted molar refractivity (Wildman–Crippen MR) is 94.6 cm³/mol. The molecule has 0 saturated carbocycles. The maximum absolute atomic E-state index is 12.6. The van der Waals surface area contributed by atoms with Crippen LogP contribution in [0.15, 0.2) is 37.1 Å². The zero-order valence-corrected chi connectivity index (χ0v) is 14.7. The van der Waals surface area contributed by atoms with Crippen LogP contribution in [0.1, 0.15) is 42.1 Å². The molecule has 136 valence electrons. The van der Waals surface area contributed by atoms with Gasteiger partial charge in [0.2, 0.25) is 0 Å². The standard InChI is InChI=1S/C18H22N6O2/c1-2-24-14(5-6-22-24)16-13(4-3-11-26-16)12-21-18(25)15-17-20-8-10-23(17)9-7-19-15/h5-10,13,16H,2-4,11-12H2,1H3,(H,21,25)/t13-,16+/m0/s1. The number of hydrogen-bond donors (Lipinski definition) is 1. The number of rotatable bonds is 5. The molecule has 3 aromatic heterocycles. The Morgan fingerprint density at radius 2 is 2.15 bits per heavy atom. The number of aryl methyl sites for hydroxylation is 1. The average Bonchev–Trinajstić information content (AvgIpc) is 3.34. The third kappa shape index (κ3) is 3.08. The lowest BCUT2D eigenvalue weighted by Crippen LogP contribution is -2.36. The summed E-state index contributed by atoms with van der Waals surface area (Å²) in [5.41, 5.74) is 1.97. The third-order valence-electron chi connectivity index (χ3n) is 4.84. The first-order valence-electron chi connectivity index (χ1n) is 8.97. The number of nitrogens with zero attached hydrogens (tertiary/aromatic N) is 5. The van der Waals surface area contributed by atoms with E-state index in [0.29, 0.717) is 17.9 Å². The Bertz CT molecular complexity index is 902. The number of ether oxygens (including phenoxy) is 1. The monoisotopic (exact) mass is 354 g/mol. The lowest BCUT2D eigenvalue weighted by molar-refractivity contribution is -0.0321. The average molecular weight is 354 g/mol. The Labute approximate surface area is 151 Å². The van der Waals surface area contributed by atoms with Crippen LogP contribution in [0.3, 0.4) is 0 Å². The molecule has 1 aliphatic rings. The van der Waals surface area contributed by atoms with E-state index in [1.807, 2.05) is 10.7 Å². The van der Waals surface area contributed by atoms with E-state index in [2.05, 4.69) is 27.3 Å². The van der Waals surface area contributed by atoms with Crippen molar-refractivity contribution in [2.75, 3.05) is 13.2 Å². The number of nitrogens with one attached hydrogen (secondary N) is 1. The highest BCUT2D eigenvalue weighted by molar-refractivity contribution is 5.97. The summed E-state index contributed by atoms with van der Waals surface area (Å²) in [6.45, 7) is 4.13. The Balaban J connectivity index is 1.49. The predicted octanol–water partition coefficient (Wildman–Crippen LogP) is 1.84. The lowest BCUT2D eigenvalue weighted by Gasteiger charge is -2.32. The molecule has 1 amide bonds. The van der Waals surface area contributed by atoms with Crippen LogP contribution in [-0.2, 0) is 11.3 Å². The summed E-state index contributed by atoms with van der Waals surface area (Å²) < 4.78 is 9.77. The molecule has 0 spiro atoms. The molecular weight excluding hydrogens is 332 g/mol. The summed E-state index contributed by atoms with van der Waals surface area (Å²) >= 11 is 0. The van der Waals surface area contributed by atoms with Crippen LogP contribution in [0.25, 0.3) is 5.65 Å². The van der Waals surface area contributed by atoms with Gasteiger partial charge in [-0.15, -0.1) is 0 Å². The van der Waals surface area contributed by atoms with Gasteiger partial charge in [0.15, 0.2) is 11.3 Å². The largest absolute Gasteiger partial charge is 0.372 e. The normalized spacial score (nSPS) is 20.3. The summed E-state index contributed by atoms with van der Waals surface area (Å²) in [4.78, 5) is 21.0. The number of imidazole rings is 1. The topological polar surface area (TPSA) is 86.3 Å². The van der Waals surface area contributed by atoms with Crippen LogP contribution < -0.4 is 5.32 Å². The molecule has 0 aliphatic carbocycles. The summed E-state index contributed by atoms with van der Waals surface area (Å²) in [5.74, 6) is -0.00991. The molecule has 1 N–H and O–H groups in total. The van der Waals surface area contributed by atoms with Crippen molar-refractivity contribution >= 4 is 11.6 Å². The molecule has 0 radical (unpaired) electrons. The summed E-state index contributed by atoms with van der Waals surface area (Å²) in [6.07, 6.45) is 10.6. The van der Waals surface area contributed by atoms with Crippen LogP contribution in [0, 0.1) is 5.92 Å². The van der Waals surface area contributed by atoms with Crippen molar-refractivity contribution in [1.29, 1.82) is 0 Å². The highest BCUT2D eigenvalue weighted by Gasteiger charge is 2.30. The molecule has 0 unspecified atom stereocenters. The number of fused-ring (bicyclic) bond motifs is 1. The van der Waals surface area contributed by atoms with Crippen molar-refractivity contribution in [3.8, 4) is 0 Å². The van der Waals surface area contributed by atoms with Crippen molar-refractivity contribution in [1.82, 2.24) is 29.5 Å². The molecular formula is C18H22N6O2. The van der Waals surface area contributed by atoms with Crippen LogP contribution >= 0.6 is 0 Å². The minimum atomic E-state index is -0.213. The Morgan fingerprint density at radius 3 is 3.00 bits per heavy atom. The number of carbonyl (C=O) groups excluding carboxylic acids is 1. The first kappa shape index (κ1) is 16.7. The number of carbonyl (C=O) groups is 1. The molecule has 4 rings (SSSR count). The van der Waals surface area contributed by atoms with E-state index in [-0.39, 0.29) is 17.9 Å². The molecule has 1 fully saturated rings. The van der Waals surface area contributed by atoms with Crippen molar-refractivity contribution in [3.63, 3.8) is 0 Å². The van der Waals surface area contributed by atoms with E-state index in [1.165, 1.54) is 0 Å². The van der Waals surface area contributed by atoms with E-state index >= 15 is 0 Å². The summed E-state index contributed by atoms with van der Waals surface area (Å²) in [6, 6.07) is 2.00. The van der Waals surface area contributed by atoms with Crippen LogP contribution in [0.2, 0.25) is 0 Å². The minimum Gasteiger partial charge on any atom is -0.372 e. The molecule has 0 aromatic carbocycles. The number of amides is 1. The fourth-order valence-corrected chi connectivity index (χ4v) is 3.55. The zero-order valence-electron chi connectivity index (χ0n) is 14.7. The van der Waals surface area contributed by atoms with Gasteiger partial charge in [-0.05, 0) is 25.8 Å². The van der Waals surface area contributed by atoms with E-state index in [1.54, 1.807) is 35.4 Å². The second kappa shape index (κ2) is 7.25. The van der Waals surface area contributed by atoms with Gasteiger partial charge in [0.1, 0.15) is 6.10 Å². The van der Waals surface area contributed by atoms with Gasteiger partial charge in [0.25, 0.3) is 5.91 Å². The van der Waals surface area contributed by atoms with Gasteiger partial charge in [0.05, 0.1) is 5.69 Å². The summed E-state index contributed by atoms with van der Waals surface area (Å²) in [5, 5.41) is 7.36. The molecule has 1 saturated heterocycles. The smallest absolute Gasteiger partial charge is 0.273 e. The molecule has 26 heavy (non-hydrogen) atoms. The molecule has 2 atom stereocenters. The maximum atomic E-state index is 12.6. The Morgan fingerprint density at radius 1 is 1.31 bits per heavy atom. The maximum Gasteiger partial charge on any atom is 0.273 e. The molecule has 8 heteroatoms. The first-order chi connectivity index (χ1) is 12.8. The summed E-state index contributed by atoms with van der Waals surface area (Å²) in [7, 11) is 0. The van der Waals surface area contributed by atoms with Crippen molar-refractivity contribution in [2.24, 2.45) is 5.92 Å². The van der Waals surface area contributed by atoms with Gasteiger partial charge >= 0.3 is 0 Å². The van der Waals surface area contributed by atoms with Crippen LogP contribution in [0.5, 0.6) is 0 Å². The third-order valence-corrected chi connectivity index (χ3v) is 4.84. The Hall–Kier alpha value is -2.74. The van der Waals surface area contributed by atoms with Crippen molar-refractivity contribution < 1.29 is 9.53 Å². The first-order valence-corrected chi connectivity index (χ1v) is 8.97. The minimum absolute atomic E-state index is 0.0540. The van der Waals surface area contributed by atoms with E-state index < -0.39 is 0 Å². The van der Waals surface area contributed by atoms with Crippen LogP contribution in [-0.4, -0.2) is 43.2 Å². The fraction of sp³-hybridized carbons (Fsp3) is 0.444. The van der Waals surface area contributed by atoms with Crippen molar-refractivity contribution in [3.05, 3.63) is 48.4 Å². The van der Waals surface area contributed by atoms with Gasteiger partial charge in [-0.3, -0.25) is 9.48 Å². The van der Waals surface area contributed by atoms with Crippen molar-refractivity contribution in [2.45, 2.75) is 32.4 Å². The molecule has 1 aliphatic heterocycles. The molecule has 8 nitrogen and oxygen atoms in total. The van der Waals surface area contributed by atoms with E-state index in [4.69, 9.17) is 4.74 Å². The quantitative estimate of drug-likeness (QED) is 0.756. The number of hydrogen-bond acceptors (Lipinski definition) is 5. The van der Waals surface area contributed by atoms with Gasteiger partial charge in [-0.1, -0.05) is 0 Å². The van der Waals surface area contributed by atoms with Gasteiger partial charge in [0, 0.05) is 56.6 Å². The van der Waals surface area contributed by atoms with Crippen LogP contribution in [0.4, 0.5) is 0 Å².